The van der Waals surface area contributed by atoms with Crippen LogP contribution in [0.5, 0.6) is 0 Å². The van der Waals surface area contributed by atoms with Crippen molar-refractivity contribution in [3.8, 4) is 0 Å². The second-order valence-corrected chi connectivity index (χ2v) is 21.3. The lowest BCUT2D eigenvalue weighted by Gasteiger charge is -2.18. The lowest BCUT2D eigenvalue weighted by atomic mass is 10.0. The first-order valence-electron chi connectivity index (χ1n) is 31.5. The highest BCUT2D eigenvalue weighted by molar-refractivity contribution is 5.71. The summed E-state index contributed by atoms with van der Waals surface area (Å²) in [7, 11) is 0. The monoisotopic (exact) mass is 997 g/mol. The third kappa shape index (κ3) is 58.4. The van der Waals surface area contributed by atoms with Crippen LogP contribution in [0.3, 0.4) is 0 Å². The molecule has 6 heteroatoms. The van der Waals surface area contributed by atoms with Crippen molar-refractivity contribution in [2.24, 2.45) is 0 Å². The normalized spacial score (nSPS) is 12.2. The van der Waals surface area contributed by atoms with Crippen LogP contribution in [-0.4, -0.2) is 37.2 Å². The molecule has 0 aliphatic heterocycles. The minimum atomic E-state index is -0.775. The molecule has 0 fully saturated rings. The molecule has 0 rings (SSSR count). The van der Waals surface area contributed by atoms with Gasteiger partial charge in [-0.15, -0.1) is 0 Å². The van der Waals surface area contributed by atoms with Crippen LogP contribution >= 0.6 is 0 Å². The zero-order chi connectivity index (χ0) is 51.4. The first kappa shape index (κ1) is 68.6. The van der Waals surface area contributed by atoms with Gasteiger partial charge in [-0.25, -0.2) is 0 Å². The Bertz CT molecular complexity index is 1190. The van der Waals surface area contributed by atoms with Gasteiger partial charge in [-0.1, -0.05) is 288 Å². The molecule has 1 unspecified atom stereocenters. The largest absolute Gasteiger partial charge is 0.462 e. The lowest BCUT2D eigenvalue weighted by Crippen LogP contribution is -2.30. The Labute approximate surface area is 442 Å². The number of ether oxygens (including phenoxy) is 3. The van der Waals surface area contributed by atoms with Gasteiger partial charge in [0.25, 0.3) is 0 Å². The van der Waals surface area contributed by atoms with Gasteiger partial charge in [0, 0.05) is 19.3 Å². The van der Waals surface area contributed by atoms with Crippen molar-refractivity contribution in [2.45, 2.75) is 348 Å². The molecular formula is C65H120O6. The van der Waals surface area contributed by atoms with Crippen LogP contribution in [0.4, 0.5) is 0 Å². The van der Waals surface area contributed by atoms with Crippen LogP contribution in [0.2, 0.25) is 0 Å². The summed E-state index contributed by atoms with van der Waals surface area (Å²) < 4.78 is 16.9. The van der Waals surface area contributed by atoms with Crippen molar-refractivity contribution >= 4 is 17.9 Å². The van der Waals surface area contributed by atoms with Gasteiger partial charge >= 0.3 is 17.9 Å². The molecule has 0 aliphatic carbocycles. The number of rotatable bonds is 58. The Balaban J connectivity index is 4.28. The van der Waals surface area contributed by atoms with Crippen LogP contribution in [0.15, 0.2) is 36.5 Å². The maximum Gasteiger partial charge on any atom is 0.306 e. The topological polar surface area (TPSA) is 78.9 Å². The quantitative estimate of drug-likeness (QED) is 0.0261. The number of hydrogen-bond donors (Lipinski definition) is 0. The Morgan fingerprint density at radius 2 is 0.521 bits per heavy atom. The smallest absolute Gasteiger partial charge is 0.306 e. The van der Waals surface area contributed by atoms with Crippen LogP contribution in [0, 0.1) is 0 Å². The van der Waals surface area contributed by atoms with Crippen LogP contribution in [-0.2, 0) is 28.6 Å². The molecule has 1 atom stereocenters. The molecule has 0 aromatic rings. The van der Waals surface area contributed by atoms with Gasteiger partial charge in [0.15, 0.2) is 6.10 Å². The number of esters is 3. The summed E-state index contributed by atoms with van der Waals surface area (Å²) in [6.07, 6.45) is 72.9. The Morgan fingerprint density at radius 1 is 0.282 bits per heavy atom. The SMILES string of the molecule is CCCC/C=C\C/C=C\CCCCCCCC(=O)OCC(COC(=O)CCCCCCCCCCCCC/C=C\CCCCCCCCCC)OC(=O)CCCCCCCCCCCCCCCCCC. The maximum atomic E-state index is 12.9. The van der Waals surface area contributed by atoms with Crippen LogP contribution < -0.4 is 0 Å². The molecule has 0 spiro atoms. The fraction of sp³-hybridized carbons (Fsp3) is 0.862. The van der Waals surface area contributed by atoms with E-state index in [1.54, 1.807) is 0 Å². The zero-order valence-corrected chi connectivity index (χ0v) is 47.8. The second kappa shape index (κ2) is 60.2. The first-order chi connectivity index (χ1) is 35.0. The molecule has 0 saturated carbocycles. The molecule has 0 aromatic carbocycles. The van der Waals surface area contributed by atoms with Gasteiger partial charge in [-0.05, 0) is 70.6 Å². The predicted octanol–water partition coefficient (Wildman–Crippen LogP) is 21.2. The minimum absolute atomic E-state index is 0.0730. The van der Waals surface area contributed by atoms with Gasteiger partial charge < -0.3 is 14.2 Å². The average Bonchev–Trinajstić information content (AvgIpc) is 3.37. The van der Waals surface area contributed by atoms with Gasteiger partial charge in [0.05, 0.1) is 0 Å². The zero-order valence-electron chi connectivity index (χ0n) is 47.8. The summed E-state index contributed by atoms with van der Waals surface area (Å²) in [5, 5.41) is 0. The highest BCUT2D eigenvalue weighted by Crippen LogP contribution is 2.17. The Morgan fingerprint density at radius 3 is 0.831 bits per heavy atom. The summed E-state index contributed by atoms with van der Waals surface area (Å²) >= 11 is 0. The van der Waals surface area contributed by atoms with Crippen molar-refractivity contribution in [1.82, 2.24) is 0 Å². The van der Waals surface area contributed by atoms with Crippen molar-refractivity contribution in [3.05, 3.63) is 36.5 Å². The fourth-order valence-corrected chi connectivity index (χ4v) is 9.34. The number of hydrogen-bond acceptors (Lipinski definition) is 6. The van der Waals surface area contributed by atoms with Crippen molar-refractivity contribution < 1.29 is 28.6 Å². The van der Waals surface area contributed by atoms with E-state index < -0.39 is 6.10 Å². The molecule has 71 heavy (non-hydrogen) atoms. The number of allylic oxidation sites excluding steroid dienone is 6. The predicted molar refractivity (Wildman–Crippen MR) is 307 cm³/mol. The third-order valence-corrected chi connectivity index (χ3v) is 14.1. The van der Waals surface area contributed by atoms with E-state index in [1.807, 2.05) is 0 Å². The van der Waals surface area contributed by atoms with Gasteiger partial charge in [0.1, 0.15) is 13.2 Å². The molecule has 0 bridgehead atoms. The second-order valence-electron chi connectivity index (χ2n) is 21.3. The maximum absolute atomic E-state index is 12.9. The van der Waals surface area contributed by atoms with E-state index in [-0.39, 0.29) is 31.1 Å². The van der Waals surface area contributed by atoms with Crippen LogP contribution in [0.1, 0.15) is 342 Å². The highest BCUT2D eigenvalue weighted by atomic mass is 16.6. The number of unbranched alkanes of at least 4 members (excludes halogenated alkanes) is 41. The van der Waals surface area contributed by atoms with E-state index in [2.05, 4.69) is 57.2 Å². The van der Waals surface area contributed by atoms with E-state index in [0.29, 0.717) is 19.3 Å². The van der Waals surface area contributed by atoms with Crippen molar-refractivity contribution in [2.75, 3.05) is 13.2 Å². The van der Waals surface area contributed by atoms with E-state index in [1.165, 1.54) is 225 Å². The molecule has 0 saturated heterocycles. The molecular weight excluding hydrogens is 877 g/mol. The van der Waals surface area contributed by atoms with E-state index >= 15 is 0 Å². The summed E-state index contributed by atoms with van der Waals surface area (Å²) in [6, 6.07) is 0. The third-order valence-electron chi connectivity index (χ3n) is 14.1. The van der Waals surface area contributed by atoms with Gasteiger partial charge in [0.2, 0.25) is 0 Å². The Kier molecular flexibility index (Phi) is 58.2. The van der Waals surface area contributed by atoms with Gasteiger partial charge in [-0.2, -0.15) is 0 Å². The standard InChI is InChI=1S/C65H120O6/c1-4-7-10-13-16-19-22-25-28-30-31-32-33-34-35-36-38-40-43-46-49-52-55-58-64(67)70-61-62(60-69-63(66)57-54-51-48-45-42-39-27-24-21-18-15-12-9-6-3)71-65(68)59-56-53-50-47-44-41-37-29-26-23-20-17-14-11-8-5-2/h15,18,24,27,30-31,62H,4-14,16-17,19-23,25-26,28-29,32-61H2,1-3H3/b18-15-,27-24-,31-30-. The lowest BCUT2D eigenvalue weighted by molar-refractivity contribution is -0.167. The molecule has 0 aromatic heterocycles. The molecule has 6 nitrogen and oxygen atoms in total. The van der Waals surface area contributed by atoms with Crippen LogP contribution in [0.25, 0.3) is 0 Å². The van der Waals surface area contributed by atoms with E-state index in [9.17, 15) is 14.4 Å². The molecule has 0 heterocycles. The molecule has 416 valence electrons. The number of carbonyl (C=O) groups excluding carboxylic acids is 3. The average molecular weight is 998 g/mol. The van der Waals surface area contributed by atoms with Crippen molar-refractivity contribution in [3.63, 3.8) is 0 Å². The highest BCUT2D eigenvalue weighted by Gasteiger charge is 2.19. The summed E-state index contributed by atoms with van der Waals surface area (Å²) in [5.41, 5.74) is 0. The molecule has 0 radical (unpaired) electrons. The van der Waals surface area contributed by atoms with Gasteiger partial charge in [-0.3, -0.25) is 14.4 Å². The van der Waals surface area contributed by atoms with E-state index in [0.717, 1.165) is 77.0 Å². The molecule has 0 amide bonds. The first-order valence-corrected chi connectivity index (χ1v) is 31.5. The summed E-state index contributed by atoms with van der Waals surface area (Å²) in [4.78, 5) is 38.2. The fourth-order valence-electron chi connectivity index (χ4n) is 9.34. The Hall–Kier alpha value is -2.37. The molecule has 0 aliphatic rings. The minimum Gasteiger partial charge on any atom is -0.462 e. The molecule has 0 N–H and O–H groups in total. The van der Waals surface area contributed by atoms with E-state index in [4.69, 9.17) is 14.2 Å². The number of carbonyl (C=O) groups is 3. The van der Waals surface area contributed by atoms with Crippen molar-refractivity contribution in [1.29, 1.82) is 0 Å². The summed E-state index contributed by atoms with van der Waals surface area (Å²) in [6.45, 7) is 6.64. The summed E-state index contributed by atoms with van der Waals surface area (Å²) in [5.74, 6) is -0.866.